The summed E-state index contributed by atoms with van der Waals surface area (Å²) in [4.78, 5) is 13.5. The highest BCUT2D eigenvalue weighted by Crippen LogP contribution is 2.24. The number of carbonyl (C=O) groups is 1. The maximum absolute atomic E-state index is 12.8. The van der Waals surface area contributed by atoms with Crippen molar-refractivity contribution < 1.29 is 4.79 Å². The average Bonchev–Trinajstić information content (AvgIpc) is 2.79. The molecule has 1 aromatic carbocycles. The van der Waals surface area contributed by atoms with Gasteiger partial charge in [0.15, 0.2) is 0 Å². The second-order valence-electron chi connectivity index (χ2n) is 10.3. The van der Waals surface area contributed by atoms with Gasteiger partial charge in [-0.05, 0) is 30.5 Å². The monoisotopic (exact) mass is 490 g/mol. The zero-order chi connectivity index (χ0) is 24.5. The lowest BCUT2D eigenvalue weighted by atomic mass is 10.1. The minimum atomic E-state index is -1.33. The minimum absolute atomic E-state index is 0.142. The topological polar surface area (TPSA) is 41.1 Å². The fraction of sp³-hybridized carbons (Fsp3) is 0.714. The Kier molecular flexibility index (Phi) is 15.6. The van der Waals surface area contributed by atoms with Crippen LogP contribution in [-0.2, 0) is 11.2 Å². The van der Waals surface area contributed by atoms with Gasteiger partial charge < -0.3 is 10.6 Å². The van der Waals surface area contributed by atoms with E-state index in [1.807, 2.05) is 6.07 Å². The summed E-state index contributed by atoms with van der Waals surface area (Å²) in [6.07, 6.45) is 14.7. The van der Waals surface area contributed by atoms with Gasteiger partial charge in [-0.3, -0.25) is 4.79 Å². The molecule has 0 heterocycles. The quantitative estimate of drug-likeness (QED) is 0.123. The predicted molar refractivity (Wildman–Crippen MR) is 153 cm³/mol. The van der Waals surface area contributed by atoms with Crippen LogP contribution in [0.25, 0.3) is 0 Å². The number of rotatable bonds is 18. The lowest BCUT2D eigenvalue weighted by Crippen LogP contribution is -2.27. The Labute approximate surface area is 210 Å². The van der Waals surface area contributed by atoms with E-state index in [1.54, 1.807) is 0 Å². The Morgan fingerprint density at radius 3 is 2.15 bits per heavy atom. The molecular formula is C28H50N2OSSi. The summed E-state index contributed by atoms with van der Waals surface area (Å²) in [5.41, 5.74) is 3.07. The first-order valence-electron chi connectivity index (χ1n) is 13.5. The van der Waals surface area contributed by atoms with Gasteiger partial charge in [-0.2, -0.15) is 0 Å². The normalized spacial score (nSPS) is 11.4. The number of aryl methyl sites for hydroxylation is 1. The van der Waals surface area contributed by atoms with Crippen LogP contribution in [0, 0.1) is 0 Å². The molecule has 3 nitrogen and oxygen atoms in total. The van der Waals surface area contributed by atoms with Crippen LogP contribution in [0.4, 0.5) is 5.69 Å². The molecule has 0 radical (unpaired) electrons. The molecule has 5 heteroatoms. The average molecular weight is 491 g/mol. The summed E-state index contributed by atoms with van der Waals surface area (Å²) in [6, 6.07) is 8.60. The Morgan fingerprint density at radius 1 is 0.879 bits per heavy atom. The Morgan fingerprint density at radius 2 is 1.52 bits per heavy atom. The highest BCUT2D eigenvalue weighted by atomic mass is 32.1. The number of hydrogen-bond acceptors (Lipinski definition) is 2. The third-order valence-corrected chi connectivity index (χ3v) is 10.3. The Balaban J connectivity index is 2.46. The van der Waals surface area contributed by atoms with Gasteiger partial charge in [0.1, 0.15) is 4.99 Å². The first-order chi connectivity index (χ1) is 15.8. The lowest BCUT2D eigenvalue weighted by Gasteiger charge is -2.22. The maximum Gasteiger partial charge on any atom is 0.224 e. The van der Waals surface area contributed by atoms with Crippen LogP contribution in [0.5, 0.6) is 0 Å². The molecule has 0 aliphatic heterocycles. The number of benzene rings is 1. The van der Waals surface area contributed by atoms with E-state index in [4.69, 9.17) is 12.2 Å². The predicted octanol–water partition coefficient (Wildman–Crippen LogP) is 8.49. The molecule has 0 saturated carbocycles. The van der Waals surface area contributed by atoms with Crippen LogP contribution >= 0.6 is 12.2 Å². The van der Waals surface area contributed by atoms with E-state index in [2.05, 4.69) is 56.6 Å². The van der Waals surface area contributed by atoms with E-state index >= 15 is 0 Å². The van der Waals surface area contributed by atoms with Crippen molar-refractivity contribution in [2.45, 2.75) is 123 Å². The van der Waals surface area contributed by atoms with Gasteiger partial charge in [0.25, 0.3) is 0 Å². The standard InChI is InChI=1S/C28H50N2OSSi/c1-6-9-11-12-13-14-15-16-21-33(4,5)22-19-27(31)30-26-23-25(18-17-24(26)8-3)28(32)29-20-10-7-2/h17-18,23H,6-16,19-22H2,1-5H3,(H,29,32)(H,30,31). The third-order valence-electron chi connectivity index (χ3n) is 6.58. The van der Waals surface area contributed by atoms with Crippen LogP contribution in [-0.4, -0.2) is 25.5 Å². The van der Waals surface area contributed by atoms with Crippen molar-refractivity contribution in [2.75, 3.05) is 11.9 Å². The van der Waals surface area contributed by atoms with Gasteiger partial charge in [0, 0.05) is 32.3 Å². The van der Waals surface area contributed by atoms with E-state index < -0.39 is 8.07 Å². The van der Waals surface area contributed by atoms with Gasteiger partial charge in [-0.25, -0.2) is 0 Å². The van der Waals surface area contributed by atoms with Crippen LogP contribution in [0.3, 0.4) is 0 Å². The van der Waals surface area contributed by atoms with Crippen molar-refractivity contribution in [1.29, 1.82) is 0 Å². The number of carbonyl (C=O) groups excluding carboxylic acids is 1. The van der Waals surface area contributed by atoms with Gasteiger partial charge in [-0.15, -0.1) is 0 Å². The van der Waals surface area contributed by atoms with Crippen molar-refractivity contribution >= 4 is 36.9 Å². The SMILES string of the molecule is CCCCCCCCCC[Si](C)(C)CCC(=O)Nc1cc(C(=S)NCCCC)ccc1CC. The molecule has 0 aromatic heterocycles. The van der Waals surface area contributed by atoms with E-state index in [0.717, 1.165) is 48.1 Å². The molecule has 2 N–H and O–H groups in total. The van der Waals surface area contributed by atoms with Gasteiger partial charge >= 0.3 is 0 Å². The number of amides is 1. The van der Waals surface area contributed by atoms with Crippen molar-refractivity contribution in [1.82, 2.24) is 5.32 Å². The summed E-state index contributed by atoms with van der Waals surface area (Å²) in [5.74, 6) is 0.142. The summed E-state index contributed by atoms with van der Waals surface area (Å²) >= 11 is 5.55. The smallest absolute Gasteiger partial charge is 0.224 e. The number of nitrogens with one attached hydrogen (secondary N) is 2. The highest BCUT2D eigenvalue weighted by molar-refractivity contribution is 7.80. The second kappa shape index (κ2) is 17.3. The summed E-state index contributed by atoms with van der Waals surface area (Å²) in [6.45, 7) is 12.4. The molecule has 1 amide bonds. The molecule has 0 atom stereocenters. The fourth-order valence-corrected chi connectivity index (χ4v) is 6.74. The largest absolute Gasteiger partial charge is 0.376 e. The van der Waals surface area contributed by atoms with E-state index in [9.17, 15) is 4.79 Å². The van der Waals surface area contributed by atoms with Crippen LogP contribution in [0.2, 0.25) is 25.2 Å². The lowest BCUT2D eigenvalue weighted by molar-refractivity contribution is -0.115. The summed E-state index contributed by atoms with van der Waals surface area (Å²) in [7, 11) is -1.33. The molecule has 0 spiro atoms. The molecule has 0 aliphatic carbocycles. The summed E-state index contributed by atoms with van der Waals surface area (Å²) < 4.78 is 0. The Hall–Kier alpha value is -1.20. The molecule has 0 fully saturated rings. The molecule has 33 heavy (non-hydrogen) atoms. The molecule has 0 unspecified atom stereocenters. The fourth-order valence-electron chi connectivity index (χ4n) is 4.15. The van der Waals surface area contributed by atoms with Gasteiger partial charge in [0.2, 0.25) is 5.91 Å². The number of thiocarbonyl (C=S) groups is 1. The zero-order valence-electron chi connectivity index (χ0n) is 22.2. The third kappa shape index (κ3) is 13.3. The maximum atomic E-state index is 12.8. The van der Waals surface area contributed by atoms with Crippen molar-refractivity contribution in [3.63, 3.8) is 0 Å². The number of anilines is 1. The van der Waals surface area contributed by atoms with Crippen molar-refractivity contribution in [2.24, 2.45) is 0 Å². The van der Waals surface area contributed by atoms with Crippen LogP contribution in [0.15, 0.2) is 18.2 Å². The molecule has 0 bridgehead atoms. The van der Waals surface area contributed by atoms with Gasteiger partial charge in [0.05, 0.1) is 0 Å². The van der Waals surface area contributed by atoms with Crippen molar-refractivity contribution in [3.05, 3.63) is 29.3 Å². The van der Waals surface area contributed by atoms with E-state index in [-0.39, 0.29) is 5.91 Å². The van der Waals surface area contributed by atoms with E-state index in [1.165, 1.54) is 63.0 Å². The highest BCUT2D eigenvalue weighted by Gasteiger charge is 2.21. The van der Waals surface area contributed by atoms with Crippen LogP contribution in [0.1, 0.15) is 103 Å². The number of unbranched alkanes of at least 4 members (excludes halogenated alkanes) is 8. The molecule has 0 aliphatic rings. The van der Waals surface area contributed by atoms with Crippen molar-refractivity contribution in [3.8, 4) is 0 Å². The Bertz CT molecular complexity index is 705. The summed E-state index contributed by atoms with van der Waals surface area (Å²) in [5, 5.41) is 6.52. The minimum Gasteiger partial charge on any atom is -0.376 e. The van der Waals surface area contributed by atoms with Crippen LogP contribution < -0.4 is 10.6 Å². The van der Waals surface area contributed by atoms with E-state index in [0.29, 0.717) is 6.42 Å². The molecule has 188 valence electrons. The second-order valence-corrected chi connectivity index (χ2v) is 16.0. The molecule has 1 aromatic rings. The molecule has 1 rings (SSSR count). The molecule has 0 saturated heterocycles. The first-order valence-corrected chi connectivity index (χ1v) is 17.4. The zero-order valence-corrected chi connectivity index (χ0v) is 24.0. The van der Waals surface area contributed by atoms with Gasteiger partial charge in [-0.1, -0.05) is 122 Å². The number of hydrogen-bond donors (Lipinski definition) is 2. The first kappa shape index (κ1) is 29.8. The molecular weight excluding hydrogens is 440 g/mol.